The van der Waals surface area contributed by atoms with Gasteiger partial charge in [-0.1, -0.05) is 54.7 Å². The van der Waals surface area contributed by atoms with Gasteiger partial charge in [-0.2, -0.15) is 0 Å². The van der Waals surface area contributed by atoms with Gasteiger partial charge < -0.3 is 4.74 Å². The Labute approximate surface area is 171 Å². The van der Waals surface area contributed by atoms with E-state index in [9.17, 15) is 4.79 Å². The molecule has 0 N–H and O–H groups in total. The minimum Gasteiger partial charge on any atom is -0.492 e. The van der Waals surface area contributed by atoms with Gasteiger partial charge in [0.25, 0.3) is 5.91 Å². The molecule has 0 unspecified atom stereocenters. The fraction of sp³-hybridized carbons (Fsp3) is 0.200. The zero-order valence-electron chi connectivity index (χ0n) is 14.5. The molecule has 0 bridgehead atoms. The fourth-order valence-electron chi connectivity index (χ4n) is 2.47. The van der Waals surface area contributed by atoms with Gasteiger partial charge in [-0.3, -0.25) is 9.69 Å². The number of hydrogen-bond acceptors (Lipinski definition) is 4. The molecule has 1 fully saturated rings. The summed E-state index contributed by atoms with van der Waals surface area (Å²) in [4.78, 5) is 15.0. The van der Waals surface area contributed by atoms with E-state index in [1.54, 1.807) is 4.90 Å². The SMILES string of the molecule is CCCOc1ccc(/C=C2/SC(=S)N(c3ccc(C)cc3)C2=O)cc1Br. The average Bonchev–Trinajstić information content (AvgIpc) is 2.89. The Hall–Kier alpha value is -1.63. The van der Waals surface area contributed by atoms with Crippen LogP contribution in [0.15, 0.2) is 51.8 Å². The van der Waals surface area contributed by atoms with Crippen molar-refractivity contribution in [2.75, 3.05) is 11.5 Å². The minimum absolute atomic E-state index is 0.0914. The number of hydrogen-bond donors (Lipinski definition) is 0. The van der Waals surface area contributed by atoms with E-state index in [1.807, 2.05) is 55.5 Å². The largest absolute Gasteiger partial charge is 0.492 e. The van der Waals surface area contributed by atoms with Crippen LogP contribution in [0, 0.1) is 6.92 Å². The van der Waals surface area contributed by atoms with Gasteiger partial charge in [-0.05, 0) is 65.2 Å². The first kappa shape index (κ1) is 19.1. The van der Waals surface area contributed by atoms with E-state index < -0.39 is 0 Å². The highest BCUT2D eigenvalue weighted by Crippen LogP contribution is 2.37. The lowest BCUT2D eigenvalue weighted by atomic mass is 10.2. The van der Waals surface area contributed by atoms with Crippen molar-refractivity contribution in [3.05, 3.63) is 63.0 Å². The molecule has 6 heteroatoms. The Morgan fingerprint density at radius 1 is 1.23 bits per heavy atom. The summed E-state index contributed by atoms with van der Waals surface area (Å²) in [5.74, 6) is 0.711. The molecule has 1 amide bonds. The van der Waals surface area contributed by atoms with Crippen molar-refractivity contribution in [3.8, 4) is 5.75 Å². The van der Waals surface area contributed by atoms with Gasteiger partial charge in [0, 0.05) is 0 Å². The van der Waals surface area contributed by atoms with Crippen LogP contribution in [0.25, 0.3) is 6.08 Å². The lowest BCUT2D eigenvalue weighted by Crippen LogP contribution is -2.27. The van der Waals surface area contributed by atoms with Crippen LogP contribution in [0.2, 0.25) is 0 Å². The van der Waals surface area contributed by atoms with Gasteiger partial charge in [0.2, 0.25) is 0 Å². The first-order chi connectivity index (χ1) is 12.5. The highest BCUT2D eigenvalue weighted by atomic mass is 79.9. The molecular formula is C20H18BrNO2S2. The van der Waals surface area contributed by atoms with E-state index in [0.717, 1.165) is 33.5 Å². The van der Waals surface area contributed by atoms with Crippen molar-refractivity contribution >= 4 is 61.9 Å². The van der Waals surface area contributed by atoms with Gasteiger partial charge in [0.05, 0.1) is 21.7 Å². The zero-order chi connectivity index (χ0) is 18.7. The Balaban J connectivity index is 1.83. The molecule has 2 aromatic rings. The van der Waals surface area contributed by atoms with Crippen molar-refractivity contribution in [3.63, 3.8) is 0 Å². The number of thiocarbonyl (C=S) groups is 1. The second kappa shape index (κ2) is 8.37. The van der Waals surface area contributed by atoms with Gasteiger partial charge in [-0.25, -0.2) is 0 Å². The molecule has 3 rings (SSSR count). The van der Waals surface area contributed by atoms with E-state index in [-0.39, 0.29) is 5.91 Å². The van der Waals surface area contributed by atoms with Crippen LogP contribution >= 0.6 is 39.9 Å². The standard InChI is InChI=1S/C20H18BrNO2S2/c1-3-10-24-17-9-6-14(11-16(17)21)12-18-19(23)22(20(25)26-18)15-7-4-13(2)5-8-15/h4-9,11-12H,3,10H2,1-2H3/b18-12+. The molecule has 0 saturated carbocycles. The summed E-state index contributed by atoms with van der Waals surface area (Å²) in [7, 11) is 0. The summed E-state index contributed by atoms with van der Waals surface area (Å²) < 4.78 is 7.08. The van der Waals surface area contributed by atoms with Crippen LogP contribution < -0.4 is 9.64 Å². The highest BCUT2D eigenvalue weighted by Gasteiger charge is 2.33. The highest BCUT2D eigenvalue weighted by molar-refractivity contribution is 9.10. The predicted molar refractivity (Wildman–Crippen MR) is 117 cm³/mol. The average molecular weight is 448 g/mol. The zero-order valence-corrected chi connectivity index (χ0v) is 17.7. The summed E-state index contributed by atoms with van der Waals surface area (Å²) in [6.45, 7) is 4.76. The Morgan fingerprint density at radius 2 is 1.96 bits per heavy atom. The summed E-state index contributed by atoms with van der Waals surface area (Å²) in [5.41, 5.74) is 2.86. The number of thioether (sulfide) groups is 1. The summed E-state index contributed by atoms with van der Waals surface area (Å²) in [5, 5.41) is 0. The van der Waals surface area contributed by atoms with Crippen LogP contribution in [0.4, 0.5) is 5.69 Å². The lowest BCUT2D eigenvalue weighted by Gasteiger charge is -2.14. The van der Waals surface area contributed by atoms with E-state index in [0.29, 0.717) is 15.8 Å². The van der Waals surface area contributed by atoms with E-state index in [1.165, 1.54) is 11.8 Å². The van der Waals surface area contributed by atoms with Crippen LogP contribution in [0.5, 0.6) is 5.75 Å². The number of halogens is 1. The van der Waals surface area contributed by atoms with Crippen molar-refractivity contribution in [1.82, 2.24) is 0 Å². The number of nitrogens with zero attached hydrogens (tertiary/aromatic N) is 1. The number of carbonyl (C=O) groups excluding carboxylic acids is 1. The van der Waals surface area contributed by atoms with Crippen LogP contribution in [-0.4, -0.2) is 16.8 Å². The molecule has 2 aromatic carbocycles. The Morgan fingerprint density at radius 3 is 2.62 bits per heavy atom. The molecule has 0 radical (unpaired) electrons. The third kappa shape index (κ3) is 4.19. The Bertz CT molecular complexity index is 878. The van der Waals surface area contributed by atoms with Gasteiger partial charge in [0.1, 0.15) is 5.75 Å². The summed E-state index contributed by atoms with van der Waals surface area (Å²) in [6.07, 6.45) is 2.82. The Kier molecular flexibility index (Phi) is 6.16. The number of rotatable bonds is 5. The number of benzene rings is 2. The van der Waals surface area contributed by atoms with E-state index in [2.05, 4.69) is 22.9 Å². The fourth-order valence-corrected chi connectivity index (χ4v) is 4.28. The lowest BCUT2D eigenvalue weighted by molar-refractivity contribution is -0.113. The third-order valence-electron chi connectivity index (χ3n) is 3.80. The van der Waals surface area contributed by atoms with Crippen molar-refractivity contribution in [2.45, 2.75) is 20.3 Å². The molecule has 0 aliphatic carbocycles. The van der Waals surface area contributed by atoms with Gasteiger partial charge >= 0.3 is 0 Å². The van der Waals surface area contributed by atoms with Crippen LogP contribution in [0.1, 0.15) is 24.5 Å². The number of ether oxygens (including phenoxy) is 1. The molecular weight excluding hydrogens is 430 g/mol. The second-order valence-corrected chi connectivity index (χ2v) is 8.42. The molecule has 0 atom stereocenters. The topological polar surface area (TPSA) is 29.5 Å². The van der Waals surface area contributed by atoms with E-state index >= 15 is 0 Å². The smallest absolute Gasteiger partial charge is 0.270 e. The number of amides is 1. The maximum absolute atomic E-state index is 12.8. The second-order valence-electron chi connectivity index (χ2n) is 5.89. The minimum atomic E-state index is -0.0914. The predicted octanol–water partition coefficient (Wildman–Crippen LogP) is 5.95. The number of anilines is 1. The molecule has 1 heterocycles. The van der Waals surface area contributed by atoms with Crippen molar-refractivity contribution < 1.29 is 9.53 Å². The number of aryl methyl sites for hydroxylation is 1. The van der Waals surface area contributed by atoms with E-state index in [4.69, 9.17) is 17.0 Å². The molecule has 0 spiro atoms. The van der Waals surface area contributed by atoms with Crippen molar-refractivity contribution in [1.29, 1.82) is 0 Å². The molecule has 26 heavy (non-hydrogen) atoms. The molecule has 1 aliphatic rings. The molecule has 134 valence electrons. The quantitative estimate of drug-likeness (QED) is 0.418. The first-order valence-corrected chi connectivity index (χ1v) is 10.3. The number of carbonyl (C=O) groups is 1. The van der Waals surface area contributed by atoms with Gasteiger partial charge in [0.15, 0.2) is 4.32 Å². The molecule has 0 aromatic heterocycles. The third-order valence-corrected chi connectivity index (χ3v) is 5.72. The maximum Gasteiger partial charge on any atom is 0.270 e. The molecule has 3 nitrogen and oxygen atoms in total. The molecule has 1 aliphatic heterocycles. The summed E-state index contributed by atoms with van der Waals surface area (Å²) in [6, 6.07) is 13.6. The summed E-state index contributed by atoms with van der Waals surface area (Å²) >= 11 is 10.3. The van der Waals surface area contributed by atoms with Crippen molar-refractivity contribution in [2.24, 2.45) is 0 Å². The molecule has 1 saturated heterocycles. The first-order valence-electron chi connectivity index (χ1n) is 8.26. The monoisotopic (exact) mass is 447 g/mol. The normalized spacial score (nSPS) is 15.8. The van der Waals surface area contributed by atoms with Gasteiger partial charge in [-0.15, -0.1) is 0 Å². The maximum atomic E-state index is 12.8. The van der Waals surface area contributed by atoms with Crippen LogP contribution in [-0.2, 0) is 4.79 Å². The van der Waals surface area contributed by atoms with Crippen LogP contribution in [0.3, 0.4) is 0 Å².